The molecule has 1 N–H and O–H groups in total. The predicted octanol–water partition coefficient (Wildman–Crippen LogP) is 2.72. The lowest BCUT2D eigenvalue weighted by atomic mass is 10.3. The van der Waals surface area contributed by atoms with E-state index in [9.17, 15) is 4.79 Å². The van der Waals surface area contributed by atoms with E-state index in [0.717, 1.165) is 5.69 Å². The van der Waals surface area contributed by atoms with E-state index in [1.165, 1.54) is 10.6 Å². The van der Waals surface area contributed by atoms with Crippen molar-refractivity contribution in [2.75, 3.05) is 0 Å². The third kappa shape index (κ3) is 1.70. The molecule has 0 saturated carbocycles. The number of para-hydroxylation sites is 1. The van der Waals surface area contributed by atoms with E-state index in [4.69, 9.17) is 16.7 Å². The summed E-state index contributed by atoms with van der Waals surface area (Å²) in [5, 5.41) is 14.5. The number of aryl methyl sites for hydroxylation is 1. The third-order valence-corrected chi connectivity index (χ3v) is 3.39. The van der Waals surface area contributed by atoms with Gasteiger partial charge in [0, 0.05) is 7.05 Å². The Morgan fingerprint density at radius 1 is 1.32 bits per heavy atom. The fraction of sp³-hybridized carbons (Fsp3) is 0.0769. The van der Waals surface area contributed by atoms with Crippen LogP contribution >= 0.6 is 11.6 Å². The molecule has 0 aliphatic heterocycles. The molecule has 3 rings (SSSR count). The minimum absolute atomic E-state index is 0.166. The highest BCUT2D eigenvalue weighted by atomic mass is 35.5. The molecule has 0 bridgehead atoms. The van der Waals surface area contributed by atoms with Crippen molar-refractivity contribution < 1.29 is 9.90 Å². The van der Waals surface area contributed by atoms with Gasteiger partial charge in [-0.1, -0.05) is 29.8 Å². The lowest BCUT2D eigenvalue weighted by Gasteiger charge is -2.02. The number of nitrogens with zero attached hydrogens (tertiary/aromatic N) is 3. The zero-order valence-electron chi connectivity index (χ0n) is 10.0. The molecule has 0 amide bonds. The van der Waals surface area contributed by atoms with Gasteiger partial charge in [0.05, 0.1) is 11.1 Å². The number of carboxylic acids is 1. The van der Waals surface area contributed by atoms with Crippen LogP contribution in [0.15, 0.2) is 36.4 Å². The van der Waals surface area contributed by atoms with Gasteiger partial charge in [0.15, 0.2) is 5.65 Å². The monoisotopic (exact) mass is 275 g/mol. The van der Waals surface area contributed by atoms with E-state index in [-0.39, 0.29) is 5.69 Å². The quantitative estimate of drug-likeness (QED) is 0.782. The minimum Gasteiger partial charge on any atom is -0.477 e. The van der Waals surface area contributed by atoms with Crippen molar-refractivity contribution in [3.05, 3.63) is 47.2 Å². The van der Waals surface area contributed by atoms with Crippen molar-refractivity contribution >= 4 is 28.6 Å². The fourth-order valence-corrected chi connectivity index (χ4v) is 2.34. The van der Waals surface area contributed by atoms with E-state index < -0.39 is 5.97 Å². The third-order valence-electron chi connectivity index (χ3n) is 3.02. The second-order valence-electron chi connectivity index (χ2n) is 4.17. The van der Waals surface area contributed by atoms with Crippen molar-refractivity contribution in [3.8, 4) is 5.69 Å². The second-order valence-corrected chi connectivity index (χ2v) is 4.53. The summed E-state index contributed by atoms with van der Waals surface area (Å²) in [6.07, 6.45) is 0. The Kier molecular flexibility index (Phi) is 2.57. The molecule has 96 valence electrons. The number of carboxylic acid groups (broad SMARTS) is 1. The second kappa shape index (κ2) is 4.13. The molecule has 0 spiro atoms. The van der Waals surface area contributed by atoms with E-state index >= 15 is 0 Å². The van der Waals surface area contributed by atoms with Gasteiger partial charge in [-0.05, 0) is 18.2 Å². The Bertz CT molecular complexity index is 774. The Morgan fingerprint density at radius 2 is 2.00 bits per heavy atom. The molecule has 0 atom stereocenters. The van der Waals surface area contributed by atoms with E-state index in [1.807, 2.05) is 30.3 Å². The first-order valence-electron chi connectivity index (χ1n) is 5.62. The molecule has 0 aliphatic rings. The maximum absolute atomic E-state index is 11.1. The van der Waals surface area contributed by atoms with Crippen molar-refractivity contribution in [1.29, 1.82) is 0 Å². The van der Waals surface area contributed by atoms with E-state index in [0.29, 0.717) is 16.2 Å². The Morgan fingerprint density at radius 3 is 2.58 bits per heavy atom. The Labute approximate surface area is 113 Å². The van der Waals surface area contributed by atoms with Crippen LogP contribution < -0.4 is 0 Å². The van der Waals surface area contributed by atoms with Gasteiger partial charge in [-0.2, -0.15) is 0 Å². The molecule has 1 aromatic carbocycles. The van der Waals surface area contributed by atoms with Crippen LogP contribution in [0.5, 0.6) is 0 Å². The lowest BCUT2D eigenvalue weighted by molar-refractivity contribution is 0.0687. The minimum atomic E-state index is -0.997. The molecule has 19 heavy (non-hydrogen) atoms. The number of aromatic nitrogens is 3. The van der Waals surface area contributed by atoms with Crippen molar-refractivity contribution in [1.82, 2.24) is 14.3 Å². The van der Waals surface area contributed by atoms with Crippen LogP contribution in [0.4, 0.5) is 0 Å². The molecule has 5 nitrogen and oxygen atoms in total. The number of rotatable bonds is 2. The molecular formula is C13H10ClN3O2. The molecule has 3 aromatic rings. The Hall–Kier alpha value is -2.27. The first-order valence-corrected chi connectivity index (χ1v) is 6.00. The summed E-state index contributed by atoms with van der Waals surface area (Å²) in [4.78, 5) is 11.1. The molecule has 2 heterocycles. The van der Waals surface area contributed by atoms with Crippen LogP contribution in [0.3, 0.4) is 0 Å². The summed E-state index contributed by atoms with van der Waals surface area (Å²) in [6.45, 7) is 0. The largest absolute Gasteiger partial charge is 0.477 e. The van der Waals surface area contributed by atoms with Gasteiger partial charge in [0.1, 0.15) is 10.8 Å². The number of halogens is 1. The topological polar surface area (TPSA) is 60.1 Å². The highest BCUT2D eigenvalue weighted by molar-refractivity contribution is 6.34. The van der Waals surface area contributed by atoms with Gasteiger partial charge >= 0.3 is 5.97 Å². The van der Waals surface area contributed by atoms with Crippen LogP contribution in [0.25, 0.3) is 16.7 Å². The van der Waals surface area contributed by atoms with Crippen molar-refractivity contribution in [3.63, 3.8) is 0 Å². The van der Waals surface area contributed by atoms with Gasteiger partial charge in [-0.25, -0.2) is 9.48 Å². The summed E-state index contributed by atoms with van der Waals surface area (Å²) >= 11 is 6.28. The maximum atomic E-state index is 11.1. The van der Waals surface area contributed by atoms with Crippen LogP contribution in [-0.4, -0.2) is 25.4 Å². The zero-order chi connectivity index (χ0) is 13.6. The number of aromatic carboxylic acids is 1. The summed E-state index contributed by atoms with van der Waals surface area (Å²) in [5.74, 6) is -0.997. The molecule has 2 aromatic heterocycles. The molecule has 0 fully saturated rings. The van der Waals surface area contributed by atoms with Gasteiger partial charge in [-0.15, -0.1) is 5.10 Å². The van der Waals surface area contributed by atoms with E-state index in [2.05, 4.69) is 5.10 Å². The predicted molar refractivity (Wildman–Crippen MR) is 72.0 cm³/mol. The first kappa shape index (κ1) is 11.8. The maximum Gasteiger partial charge on any atom is 0.352 e. The van der Waals surface area contributed by atoms with Crippen LogP contribution in [-0.2, 0) is 7.05 Å². The summed E-state index contributed by atoms with van der Waals surface area (Å²) < 4.78 is 3.11. The molecule has 0 unspecified atom stereocenters. The lowest BCUT2D eigenvalue weighted by Crippen LogP contribution is -2.05. The number of hydrogen-bond acceptors (Lipinski definition) is 2. The van der Waals surface area contributed by atoms with Crippen molar-refractivity contribution in [2.45, 2.75) is 0 Å². The zero-order valence-corrected chi connectivity index (χ0v) is 10.8. The van der Waals surface area contributed by atoms with Crippen LogP contribution in [0, 0.1) is 0 Å². The molecule has 6 heteroatoms. The highest BCUT2D eigenvalue weighted by Gasteiger charge is 2.19. The summed E-state index contributed by atoms with van der Waals surface area (Å²) in [6, 6.07) is 11.0. The van der Waals surface area contributed by atoms with Crippen LogP contribution in [0.1, 0.15) is 10.5 Å². The average Bonchev–Trinajstić information content (AvgIpc) is 2.90. The van der Waals surface area contributed by atoms with Gasteiger partial charge in [0.2, 0.25) is 0 Å². The van der Waals surface area contributed by atoms with E-state index in [1.54, 1.807) is 11.7 Å². The first-order chi connectivity index (χ1) is 9.09. The number of carbonyl (C=O) groups is 1. The highest BCUT2D eigenvalue weighted by Crippen LogP contribution is 2.28. The average molecular weight is 276 g/mol. The summed E-state index contributed by atoms with van der Waals surface area (Å²) in [5.41, 5.74) is 1.55. The van der Waals surface area contributed by atoms with Gasteiger partial charge in [0.25, 0.3) is 0 Å². The molecule has 0 saturated heterocycles. The molecule has 0 aliphatic carbocycles. The number of fused-ring (bicyclic) bond motifs is 1. The van der Waals surface area contributed by atoms with Gasteiger partial charge < -0.3 is 9.67 Å². The standard InChI is InChI=1S/C13H10ClN3O2/c1-16-10(13(18)19)7-9-11(14)17(15-12(9)16)8-5-3-2-4-6-8/h2-7H,1H3,(H,18,19). The fourth-order valence-electron chi connectivity index (χ4n) is 2.06. The molecule has 0 radical (unpaired) electrons. The Balaban J connectivity index is 2.26. The molecular weight excluding hydrogens is 266 g/mol. The SMILES string of the molecule is Cn1c(C(=O)O)cc2c(Cl)n(-c3ccccc3)nc21. The van der Waals surface area contributed by atoms with Crippen LogP contribution in [0.2, 0.25) is 5.15 Å². The number of benzene rings is 1. The van der Waals surface area contributed by atoms with Crippen molar-refractivity contribution in [2.24, 2.45) is 7.05 Å². The number of hydrogen-bond donors (Lipinski definition) is 1. The summed E-state index contributed by atoms with van der Waals surface area (Å²) in [7, 11) is 1.66. The smallest absolute Gasteiger partial charge is 0.352 e. The van der Waals surface area contributed by atoms with Gasteiger partial charge in [-0.3, -0.25) is 0 Å². The normalized spacial score (nSPS) is 11.1.